The number of anilines is 3. The van der Waals surface area contributed by atoms with E-state index < -0.39 is 16.7 Å². The molecule has 0 saturated carbocycles. The molecule has 0 unspecified atom stereocenters. The van der Waals surface area contributed by atoms with Gasteiger partial charge in [0.15, 0.2) is 0 Å². The molecule has 0 aromatic heterocycles. The van der Waals surface area contributed by atoms with Crippen molar-refractivity contribution in [3.8, 4) is 0 Å². The van der Waals surface area contributed by atoms with Gasteiger partial charge in [-0.2, -0.15) is 0 Å². The molecule has 14 nitrogen and oxygen atoms in total. The lowest BCUT2D eigenvalue weighted by Crippen LogP contribution is -2.44. The number of likely N-dealkylation sites (N-methyl/N-ethyl adjacent to an activating group) is 1. The number of benzene rings is 2. The molecule has 44 heavy (non-hydrogen) atoms. The fourth-order valence-corrected chi connectivity index (χ4v) is 5.35. The molecule has 2 fully saturated rings. The van der Waals surface area contributed by atoms with Crippen molar-refractivity contribution < 1.29 is 19.2 Å². The number of hydrogen-bond acceptors (Lipinski definition) is 11. The molecule has 2 aromatic carbocycles. The Kier molecular flexibility index (Phi) is 11.4. The molecule has 2 aliphatic rings. The number of ether oxygens (including phenoxy) is 1. The number of morpholine rings is 1. The molecule has 0 atom stereocenters. The van der Waals surface area contributed by atoms with Crippen molar-refractivity contribution in [1.82, 2.24) is 15.1 Å². The molecule has 2 saturated heterocycles. The van der Waals surface area contributed by atoms with E-state index in [1.54, 1.807) is 19.1 Å². The smallest absolute Gasteiger partial charge is 0.273 e. The number of carbonyl (C=O) groups excluding carboxylic acids is 2. The molecule has 2 aliphatic heterocycles. The summed E-state index contributed by atoms with van der Waals surface area (Å²) < 4.78 is 5.35. The number of hydrogen-bond donors (Lipinski definition) is 4. The third kappa shape index (κ3) is 8.57. The lowest BCUT2D eigenvalue weighted by Gasteiger charge is -2.35. The van der Waals surface area contributed by atoms with Crippen LogP contribution in [-0.2, 0) is 9.53 Å². The fraction of sp³-hybridized carbons (Fsp3) is 0.448. The Morgan fingerprint density at radius 3 is 2.52 bits per heavy atom. The molecule has 4 rings (SSSR count). The minimum atomic E-state index is -0.610. The van der Waals surface area contributed by atoms with E-state index in [1.165, 1.54) is 23.3 Å². The third-order valence-electron chi connectivity index (χ3n) is 7.68. The van der Waals surface area contributed by atoms with Gasteiger partial charge in [-0.25, -0.2) is 5.84 Å². The predicted molar refractivity (Wildman–Crippen MR) is 171 cm³/mol. The second-order valence-corrected chi connectivity index (χ2v) is 11.3. The molecule has 6 N–H and O–H groups in total. The number of carbonyl (C=O) groups is 2. The summed E-state index contributed by atoms with van der Waals surface area (Å²) in [5.41, 5.74) is 7.70. The Balaban J connectivity index is 1.50. The van der Waals surface area contributed by atoms with E-state index in [9.17, 15) is 19.7 Å². The monoisotopic (exact) mass is 629 g/mol. The number of halogens is 1. The quantitative estimate of drug-likeness (QED) is 0.0938. The summed E-state index contributed by atoms with van der Waals surface area (Å²) in [5.74, 6) is 5.23. The van der Waals surface area contributed by atoms with Gasteiger partial charge in [0, 0.05) is 63.6 Å². The normalized spacial score (nSPS) is 16.5. The van der Waals surface area contributed by atoms with E-state index in [2.05, 4.69) is 25.3 Å². The molecule has 2 heterocycles. The van der Waals surface area contributed by atoms with E-state index in [1.807, 2.05) is 13.1 Å². The van der Waals surface area contributed by atoms with Gasteiger partial charge in [-0.3, -0.25) is 29.6 Å². The SMILES string of the molecule is Cc1cc(Cl)c(C(=O)Nc2cc(N(N)/C=C(\N)C(=O)NCCCN3CCOCC3)ccc2N2CCN(C)CC2)cc1[N+](=O)[O-]. The highest BCUT2D eigenvalue weighted by atomic mass is 35.5. The highest BCUT2D eigenvalue weighted by molar-refractivity contribution is 6.34. The van der Waals surface area contributed by atoms with E-state index in [-0.39, 0.29) is 22.0 Å². The topological polar surface area (TPSA) is 176 Å². The average molecular weight is 630 g/mol. The predicted octanol–water partition coefficient (Wildman–Crippen LogP) is 1.88. The summed E-state index contributed by atoms with van der Waals surface area (Å²) in [6, 6.07) is 7.81. The summed E-state index contributed by atoms with van der Waals surface area (Å²) >= 11 is 6.33. The Hall–Kier alpha value is -3.95. The molecule has 238 valence electrons. The van der Waals surface area contributed by atoms with Gasteiger partial charge >= 0.3 is 0 Å². The largest absolute Gasteiger partial charge is 0.393 e. The van der Waals surface area contributed by atoms with Crippen LogP contribution in [0.5, 0.6) is 0 Å². The maximum atomic E-state index is 13.4. The minimum absolute atomic E-state index is 0.0299. The maximum absolute atomic E-state index is 13.4. The molecule has 2 aromatic rings. The Morgan fingerprint density at radius 2 is 1.84 bits per heavy atom. The van der Waals surface area contributed by atoms with Crippen LogP contribution in [0.15, 0.2) is 42.2 Å². The van der Waals surface area contributed by atoms with E-state index in [4.69, 9.17) is 27.9 Å². The van der Waals surface area contributed by atoms with Crippen molar-refractivity contribution in [2.24, 2.45) is 11.6 Å². The molecule has 0 bridgehead atoms. The van der Waals surface area contributed by atoms with Crippen LogP contribution in [0, 0.1) is 17.0 Å². The highest BCUT2D eigenvalue weighted by Gasteiger charge is 2.23. The van der Waals surface area contributed by atoms with Gasteiger partial charge in [0.05, 0.1) is 45.8 Å². The van der Waals surface area contributed by atoms with Gasteiger partial charge in [-0.1, -0.05) is 11.6 Å². The van der Waals surface area contributed by atoms with Gasteiger partial charge in [-0.05, 0) is 51.2 Å². The summed E-state index contributed by atoms with van der Waals surface area (Å²) in [6.45, 7) is 9.18. The minimum Gasteiger partial charge on any atom is -0.393 e. The van der Waals surface area contributed by atoms with Crippen LogP contribution in [0.2, 0.25) is 5.02 Å². The first-order valence-corrected chi connectivity index (χ1v) is 14.8. The molecule has 0 radical (unpaired) electrons. The number of nitrogens with zero attached hydrogens (tertiary/aromatic N) is 5. The molecule has 15 heteroatoms. The number of nitrogens with two attached hydrogens (primary N) is 2. The van der Waals surface area contributed by atoms with Crippen LogP contribution in [0.4, 0.5) is 22.7 Å². The number of nitro benzene ring substituents is 1. The zero-order valence-corrected chi connectivity index (χ0v) is 25.8. The van der Waals surface area contributed by atoms with E-state index in [0.717, 1.165) is 71.1 Å². The van der Waals surface area contributed by atoms with Crippen molar-refractivity contribution in [3.63, 3.8) is 0 Å². The number of piperazine rings is 1. The number of nitrogens with one attached hydrogen (secondary N) is 2. The van der Waals surface area contributed by atoms with Crippen LogP contribution < -0.4 is 32.1 Å². The molecule has 2 amide bonds. The number of hydrazine groups is 1. The Bertz CT molecular complexity index is 1390. The standard InChI is InChI=1S/C29H40ClN9O5/c1-20-16-23(30)22(18-27(20)39(42)43)28(40)34-25-17-21(4-5-26(25)37-10-8-35(2)9-11-37)38(32)19-24(31)29(41)33-6-3-7-36-12-14-44-15-13-36/h4-5,16-19H,3,6-15,31-32H2,1-2H3,(H,33,41)(H,34,40)/b24-19-. The van der Waals surface area contributed by atoms with Gasteiger partial charge < -0.3 is 30.9 Å². The average Bonchev–Trinajstić information content (AvgIpc) is 3.00. The fourth-order valence-electron chi connectivity index (χ4n) is 5.04. The van der Waals surface area contributed by atoms with Crippen LogP contribution in [0.25, 0.3) is 0 Å². The first kappa shape index (κ1) is 33.0. The van der Waals surface area contributed by atoms with Gasteiger partial charge in [-0.15, -0.1) is 0 Å². The van der Waals surface area contributed by atoms with Gasteiger partial charge in [0.25, 0.3) is 17.5 Å². The van der Waals surface area contributed by atoms with Crippen LogP contribution in [-0.4, -0.2) is 99.2 Å². The van der Waals surface area contributed by atoms with Crippen molar-refractivity contribution in [3.05, 3.63) is 68.5 Å². The van der Waals surface area contributed by atoms with Crippen LogP contribution in [0.3, 0.4) is 0 Å². The summed E-state index contributed by atoms with van der Waals surface area (Å²) in [4.78, 5) is 43.6. The second-order valence-electron chi connectivity index (χ2n) is 10.9. The number of aryl methyl sites for hydroxylation is 1. The third-order valence-corrected chi connectivity index (χ3v) is 7.99. The van der Waals surface area contributed by atoms with Crippen LogP contribution >= 0.6 is 11.6 Å². The van der Waals surface area contributed by atoms with Crippen LogP contribution in [0.1, 0.15) is 22.3 Å². The van der Waals surface area contributed by atoms with Gasteiger partial charge in [0.2, 0.25) is 0 Å². The van der Waals surface area contributed by atoms with Crippen molar-refractivity contribution in [2.75, 3.05) is 87.8 Å². The molecule has 0 aliphatic carbocycles. The Morgan fingerprint density at radius 1 is 1.14 bits per heavy atom. The van der Waals surface area contributed by atoms with Crippen molar-refractivity contribution >= 4 is 46.2 Å². The lowest BCUT2D eigenvalue weighted by atomic mass is 10.1. The summed E-state index contributed by atoms with van der Waals surface area (Å²) in [6.07, 6.45) is 2.09. The zero-order valence-electron chi connectivity index (χ0n) is 25.1. The molecular formula is C29H40ClN9O5. The first-order valence-electron chi connectivity index (χ1n) is 14.5. The summed E-state index contributed by atoms with van der Waals surface area (Å²) in [7, 11) is 2.04. The first-order chi connectivity index (χ1) is 21.0. The van der Waals surface area contributed by atoms with Gasteiger partial charge in [0.1, 0.15) is 5.70 Å². The highest BCUT2D eigenvalue weighted by Crippen LogP contribution is 2.33. The number of nitro groups is 1. The number of rotatable bonds is 11. The number of amides is 2. The lowest BCUT2D eigenvalue weighted by molar-refractivity contribution is -0.385. The summed E-state index contributed by atoms with van der Waals surface area (Å²) in [5, 5.41) is 18.5. The van der Waals surface area contributed by atoms with Crippen molar-refractivity contribution in [1.29, 1.82) is 0 Å². The van der Waals surface area contributed by atoms with E-state index in [0.29, 0.717) is 23.5 Å². The van der Waals surface area contributed by atoms with Crippen molar-refractivity contribution in [2.45, 2.75) is 13.3 Å². The Labute approximate surface area is 261 Å². The molecule has 0 spiro atoms. The zero-order chi connectivity index (χ0) is 31.8. The second kappa shape index (κ2) is 15.2. The maximum Gasteiger partial charge on any atom is 0.273 e. The molecular weight excluding hydrogens is 590 g/mol. The van der Waals surface area contributed by atoms with E-state index >= 15 is 0 Å².